The molecule has 6 heteroatoms. The van der Waals surface area contributed by atoms with E-state index in [-0.39, 0.29) is 31.1 Å². The number of carbonyl (C=O) groups is 3. The summed E-state index contributed by atoms with van der Waals surface area (Å²) < 4.78 is 16.9. The number of unbranched alkanes of at least 4 members (excludes halogenated alkanes) is 27. The average molecular weight is 1120 g/mol. The molecule has 0 fully saturated rings. The molecule has 81 heavy (non-hydrogen) atoms. The lowest BCUT2D eigenvalue weighted by molar-refractivity contribution is -0.167. The minimum Gasteiger partial charge on any atom is -0.462 e. The van der Waals surface area contributed by atoms with Gasteiger partial charge in [0.05, 0.1) is 0 Å². The highest BCUT2D eigenvalue weighted by Gasteiger charge is 2.19. The maximum absolute atomic E-state index is 12.9. The number of carbonyl (C=O) groups excluding carboxylic acids is 3. The molecule has 0 aromatic carbocycles. The molecule has 0 aliphatic carbocycles. The summed E-state index contributed by atoms with van der Waals surface area (Å²) in [6.07, 6.45) is 96.2. The van der Waals surface area contributed by atoms with E-state index in [0.29, 0.717) is 19.3 Å². The van der Waals surface area contributed by atoms with Crippen LogP contribution in [0, 0.1) is 0 Å². The first kappa shape index (κ1) is 76.5. The van der Waals surface area contributed by atoms with Crippen LogP contribution in [0.4, 0.5) is 0 Å². The van der Waals surface area contributed by atoms with Crippen LogP contribution in [-0.2, 0) is 28.6 Å². The molecule has 0 saturated carbocycles. The van der Waals surface area contributed by atoms with Crippen molar-refractivity contribution >= 4 is 17.9 Å². The normalized spacial score (nSPS) is 13.0. The summed E-state index contributed by atoms with van der Waals surface area (Å²) in [6, 6.07) is 0. The van der Waals surface area contributed by atoms with Crippen molar-refractivity contribution in [3.8, 4) is 0 Å². The molecule has 0 rings (SSSR count). The zero-order chi connectivity index (χ0) is 58.5. The van der Waals surface area contributed by atoms with Gasteiger partial charge in [0.1, 0.15) is 13.2 Å². The monoisotopic (exact) mass is 1120 g/mol. The van der Waals surface area contributed by atoms with Crippen molar-refractivity contribution in [2.45, 2.75) is 309 Å². The fraction of sp³-hybridized carbons (Fsp3) is 0.667. The van der Waals surface area contributed by atoms with Crippen molar-refractivity contribution in [1.82, 2.24) is 0 Å². The van der Waals surface area contributed by atoms with Gasteiger partial charge in [-0.3, -0.25) is 14.4 Å². The molecule has 0 bridgehead atoms. The Kier molecular flexibility index (Phi) is 64.3. The van der Waals surface area contributed by atoms with Gasteiger partial charge in [0.2, 0.25) is 0 Å². The average Bonchev–Trinajstić information content (AvgIpc) is 3.47. The first-order valence-electron chi connectivity index (χ1n) is 33.7. The zero-order valence-corrected chi connectivity index (χ0v) is 52.8. The molecule has 1 atom stereocenters. The van der Waals surface area contributed by atoms with Gasteiger partial charge in [-0.2, -0.15) is 0 Å². The van der Waals surface area contributed by atoms with Gasteiger partial charge in [-0.15, -0.1) is 0 Å². The summed E-state index contributed by atoms with van der Waals surface area (Å²) in [5, 5.41) is 0. The van der Waals surface area contributed by atoms with Crippen molar-refractivity contribution in [1.29, 1.82) is 0 Å². The third kappa shape index (κ3) is 66.2. The Labute approximate surface area is 500 Å². The van der Waals surface area contributed by atoms with Crippen LogP contribution in [0.3, 0.4) is 0 Å². The van der Waals surface area contributed by atoms with E-state index >= 15 is 0 Å². The lowest BCUT2D eigenvalue weighted by Crippen LogP contribution is -2.30. The summed E-state index contributed by atoms with van der Waals surface area (Å²) in [7, 11) is 0. The number of ether oxygens (including phenoxy) is 3. The molecule has 0 aromatic heterocycles. The summed E-state index contributed by atoms with van der Waals surface area (Å²) in [5.74, 6) is -0.903. The highest BCUT2D eigenvalue weighted by molar-refractivity contribution is 5.71. The molecule has 1 unspecified atom stereocenters. The molecular formula is C75H124O6. The molecule has 0 aliphatic heterocycles. The second kappa shape index (κ2) is 68.1. The van der Waals surface area contributed by atoms with Crippen molar-refractivity contribution in [3.05, 3.63) is 134 Å². The van der Waals surface area contributed by atoms with Gasteiger partial charge in [-0.1, -0.05) is 289 Å². The van der Waals surface area contributed by atoms with Gasteiger partial charge in [0.15, 0.2) is 6.10 Å². The van der Waals surface area contributed by atoms with E-state index in [1.54, 1.807) is 0 Å². The number of hydrogen-bond acceptors (Lipinski definition) is 6. The molecule has 460 valence electrons. The van der Waals surface area contributed by atoms with Crippen LogP contribution in [0.5, 0.6) is 0 Å². The number of rotatable bonds is 60. The number of esters is 3. The van der Waals surface area contributed by atoms with Crippen LogP contribution in [0.25, 0.3) is 0 Å². The van der Waals surface area contributed by atoms with Crippen LogP contribution in [0.15, 0.2) is 134 Å². The van der Waals surface area contributed by atoms with Gasteiger partial charge in [-0.05, 0) is 128 Å². The Morgan fingerprint density at radius 2 is 0.481 bits per heavy atom. The third-order valence-electron chi connectivity index (χ3n) is 14.1. The Hall–Kier alpha value is -4.45. The predicted molar refractivity (Wildman–Crippen MR) is 353 cm³/mol. The van der Waals surface area contributed by atoms with Crippen molar-refractivity contribution in [3.63, 3.8) is 0 Å². The molecule has 6 nitrogen and oxygen atoms in total. The fourth-order valence-electron chi connectivity index (χ4n) is 9.13. The predicted octanol–water partition coefficient (Wildman–Crippen LogP) is 23.3. The maximum atomic E-state index is 12.9. The molecule has 0 radical (unpaired) electrons. The van der Waals surface area contributed by atoms with E-state index in [4.69, 9.17) is 14.2 Å². The Morgan fingerprint density at radius 3 is 0.765 bits per heavy atom. The summed E-state index contributed by atoms with van der Waals surface area (Å²) in [4.78, 5) is 38.3. The first-order valence-corrected chi connectivity index (χ1v) is 33.7. The molecule has 0 spiro atoms. The second-order valence-electron chi connectivity index (χ2n) is 22.0. The Balaban J connectivity index is 4.18. The first-order chi connectivity index (χ1) is 40.0. The van der Waals surface area contributed by atoms with Gasteiger partial charge in [0.25, 0.3) is 0 Å². The largest absolute Gasteiger partial charge is 0.462 e. The standard InChI is InChI=1S/C75H124O6/c1-4-7-10-13-16-19-22-24-26-28-29-30-31-32-33-34-35-36-37-38-39-40-41-42-43-44-45-47-48-50-53-56-59-62-65-68-74(77)80-71-72(70-79-73(76)67-64-61-58-55-52-21-18-15-12-9-6-3)81-75(78)69-66-63-60-57-54-51-49-46-27-25-23-20-17-14-11-8-5-2/h7-8,10-11,15-20,24-27,29-30,32-33,35-36,38-39,72H,4-6,9,12-14,21-23,28,31,34,37,40-71H2,1-3H3/b10-7-,11-8-,18-15-,19-16-,20-17-,26-24-,27-25-,30-29-,33-32-,36-35-,39-38-. The van der Waals surface area contributed by atoms with Gasteiger partial charge in [-0.25, -0.2) is 0 Å². The lowest BCUT2D eigenvalue weighted by atomic mass is 10.0. The third-order valence-corrected chi connectivity index (χ3v) is 14.1. The van der Waals surface area contributed by atoms with Crippen LogP contribution >= 0.6 is 0 Å². The minimum absolute atomic E-state index is 0.0864. The molecule has 0 amide bonds. The van der Waals surface area contributed by atoms with Crippen LogP contribution < -0.4 is 0 Å². The second-order valence-corrected chi connectivity index (χ2v) is 22.0. The fourth-order valence-corrected chi connectivity index (χ4v) is 9.13. The number of allylic oxidation sites excluding steroid dienone is 22. The van der Waals surface area contributed by atoms with Gasteiger partial charge >= 0.3 is 17.9 Å². The number of hydrogen-bond donors (Lipinski definition) is 0. The van der Waals surface area contributed by atoms with Crippen LogP contribution in [0.2, 0.25) is 0 Å². The molecule has 0 N–H and O–H groups in total. The van der Waals surface area contributed by atoms with Crippen molar-refractivity contribution < 1.29 is 28.6 Å². The van der Waals surface area contributed by atoms with Gasteiger partial charge in [0, 0.05) is 19.3 Å². The molecular weight excluding hydrogens is 997 g/mol. The highest BCUT2D eigenvalue weighted by atomic mass is 16.6. The Morgan fingerprint density at radius 1 is 0.259 bits per heavy atom. The van der Waals surface area contributed by atoms with E-state index in [1.807, 2.05) is 0 Å². The topological polar surface area (TPSA) is 78.9 Å². The zero-order valence-electron chi connectivity index (χ0n) is 52.8. The van der Waals surface area contributed by atoms with E-state index in [1.165, 1.54) is 128 Å². The minimum atomic E-state index is -0.790. The van der Waals surface area contributed by atoms with Crippen molar-refractivity contribution in [2.24, 2.45) is 0 Å². The summed E-state index contributed by atoms with van der Waals surface area (Å²) >= 11 is 0. The molecule has 0 aliphatic rings. The smallest absolute Gasteiger partial charge is 0.306 e. The van der Waals surface area contributed by atoms with E-state index < -0.39 is 6.10 Å². The SMILES string of the molecule is CC/C=C\C/C=C\C/C=C\C/C=C\C/C=C\C/C=C\C/C=C\CCCCCCCCCCCCCCCC(=O)OCC(COC(=O)CCCCCCC/C=C\CCCC)OC(=O)CCCCCCCCC/C=C\C/C=C\C/C=C\CC. The van der Waals surface area contributed by atoms with Crippen LogP contribution in [0.1, 0.15) is 303 Å². The maximum Gasteiger partial charge on any atom is 0.306 e. The van der Waals surface area contributed by atoms with Gasteiger partial charge < -0.3 is 14.2 Å². The van der Waals surface area contributed by atoms with Crippen molar-refractivity contribution in [2.75, 3.05) is 13.2 Å². The molecule has 0 saturated heterocycles. The molecule has 0 aromatic rings. The quantitative estimate of drug-likeness (QED) is 0.0261. The molecule has 0 heterocycles. The lowest BCUT2D eigenvalue weighted by Gasteiger charge is -2.18. The van der Waals surface area contributed by atoms with E-state index in [2.05, 4.69) is 154 Å². The Bertz CT molecular complexity index is 1720. The van der Waals surface area contributed by atoms with E-state index in [0.717, 1.165) is 135 Å². The van der Waals surface area contributed by atoms with E-state index in [9.17, 15) is 14.4 Å². The van der Waals surface area contributed by atoms with Crippen LogP contribution in [-0.4, -0.2) is 37.2 Å². The summed E-state index contributed by atoms with van der Waals surface area (Å²) in [6.45, 7) is 6.37. The highest BCUT2D eigenvalue weighted by Crippen LogP contribution is 2.16. The summed E-state index contributed by atoms with van der Waals surface area (Å²) in [5.41, 5.74) is 0.